The second kappa shape index (κ2) is 7.07. The zero-order valence-electron chi connectivity index (χ0n) is 12.4. The van der Waals surface area contributed by atoms with Crippen LogP contribution in [0, 0.1) is 5.92 Å². The van der Waals surface area contributed by atoms with Crippen molar-refractivity contribution in [2.24, 2.45) is 11.7 Å². The van der Waals surface area contributed by atoms with E-state index in [1.807, 2.05) is 29.1 Å². The van der Waals surface area contributed by atoms with E-state index in [0.29, 0.717) is 12.0 Å². The Bertz CT molecular complexity index is 552. The molecule has 2 aromatic rings. The summed E-state index contributed by atoms with van der Waals surface area (Å²) < 4.78 is 1.94. The van der Waals surface area contributed by atoms with Crippen molar-refractivity contribution in [3.05, 3.63) is 48.3 Å². The molecular formula is C16H23ClN4. The predicted molar refractivity (Wildman–Crippen MR) is 87.8 cm³/mol. The Kier molecular flexibility index (Phi) is 5.39. The van der Waals surface area contributed by atoms with Crippen LogP contribution in [0.4, 0.5) is 0 Å². The summed E-state index contributed by atoms with van der Waals surface area (Å²) in [5, 5.41) is 4.66. The van der Waals surface area contributed by atoms with Crippen molar-refractivity contribution in [1.29, 1.82) is 0 Å². The molecule has 0 amide bonds. The van der Waals surface area contributed by atoms with Gasteiger partial charge in [-0.1, -0.05) is 18.2 Å². The minimum absolute atomic E-state index is 0. The molecule has 2 unspecified atom stereocenters. The summed E-state index contributed by atoms with van der Waals surface area (Å²) in [7, 11) is 0. The Morgan fingerprint density at radius 2 is 2.05 bits per heavy atom. The third-order valence-corrected chi connectivity index (χ3v) is 4.10. The molecule has 114 valence electrons. The number of likely N-dealkylation sites (tertiary alicyclic amines) is 1. The van der Waals surface area contributed by atoms with Crippen molar-refractivity contribution in [3.63, 3.8) is 0 Å². The summed E-state index contributed by atoms with van der Waals surface area (Å²) in [4.78, 5) is 2.45. The van der Waals surface area contributed by atoms with E-state index in [1.54, 1.807) is 0 Å². The van der Waals surface area contributed by atoms with E-state index in [0.717, 1.165) is 31.0 Å². The number of nitrogens with two attached hydrogens (primary N) is 1. The normalized spacial score (nSPS) is 20.2. The zero-order valence-corrected chi connectivity index (χ0v) is 13.2. The molecule has 0 aliphatic carbocycles. The second-order valence-electron chi connectivity index (χ2n) is 5.73. The van der Waals surface area contributed by atoms with Gasteiger partial charge in [-0.15, -0.1) is 12.4 Å². The number of aromatic nitrogens is 2. The van der Waals surface area contributed by atoms with E-state index in [4.69, 9.17) is 5.73 Å². The van der Waals surface area contributed by atoms with Gasteiger partial charge in [-0.2, -0.15) is 5.10 Å². The molecule has 21 heavy (non-hydrogen) atoms. The maximum Gasteiger partial charge on any atom is 0.0769 e. The van der Waals surface area contributed by atoms with Gasteiger partial charge in [-0.25, -0.2) is 4.68 Å². The minimum atomic E-state index is 0. The summed E-state index contributed by atoms with van der Waals surface area (Å²) in [6, 6.07) is 12.6. The molecule has 0 bridgehead atoms. The van der Waals surface area contributed by atoms with Crippen LogP contribution in [-0.2, 0) is 6.54 Å². The van der Waals surface area contributed by atoms with E-state index < -0.39 is 0 Å². The van der Waals surface area contributed by atoms with Gasteiger partial charge in [0.05, 0.1) is 11.4 Å². The monoisotopic (exact) mass is 306 g/mol. The molecule has 2 atom stereocenters. The molecule has 1 aliphatic rings. The molecule has 0 radical (unpaired) electrons. The predicted octanol–water partition coefficient (Wildman–Crippen LogP) is 2.46. The van der Waals surface area contributed by atoms with Crippen LogP contribution in [0.1, 0.15) is 19.0 Å². The van der Waals surface area contributed by atoms with Gasteiger partial charge in [0, 0.05) is 25.3 Å². The summed E-state index contributed by atoms with van der Waals surface area (Å²) in [6.45, 7) is 5.25. The van der Waals surface area contributed by atoms with Crippen LogP contribution in [-0.4, -0.2) is 33.8 Å². The van der Waals surface area contributed by atoms with Crippen LogP contribution in [0.3, 0.4) is 0 Å². The van der Waals surface area contributed by atoms with Crippen LogP contribution in [0.2, 0.25) is 0 Å². The first-order chi connectivity index (χ1) is 9.72. The molecule has 0 spiro atoms. The fourth-order valence-corrected chi connectivity index (χ4v) is 2.84. The average Bonchev–Trinajstić information content (AvgIpc) is 3.10. The molecule has 2 heterocycles. The van der Waals surface area contributed by atoms with Crippen LogP contribution >= 0.6 is 12.4 Å². The van der Waals surface area contributed by atoms with Gasteiger partial charge in [-0.3, -0.25) is 4.90 Å². The van der Waals surface area contributed by atoms with E-state index in [2.05, 4.69) is 35.1 Å². The molecule has 1 aliphatic heterocycles. The minimum Gasteiger partial charge on any atom is -0.328 e. The van der Waals surface area contributed by atoms with Gasteiger partial charge < -0.3 is 5.73 Å². The molecule has 1 aromatic carbocycles. The highest BCUT2D eigenvalue weighted by Gasteiger charge is 2.25. The number of nitrogens with zero attached hydrogens (tertiary/aromatic N) is 3. The Hall–Kier alpha value is -1.36. The van der Waals surface area contributed by atoms with E-state index in [9.17, 15) is 0 Å². The highest BCUT2D eigenvalue weighted by molar-refractivity contribution is 5.85. The number of benzene rings is 1. The highest BCUT2D eigenvalue weighted by atomic mass is 35.5. The van der Waals surface area contributed by atoms with Crippen molar-refractivity contribution in [2.75, 3.05) is 13.1 Å². The lowest BCUT2D eigenvalue weighted by molar-refractivity contribution is 0.304. The van der Waals surface area contributed by atoms with Gasteiger partial charge >= 0.3 is 0 Å². The third-order valence-electron chi connectivity index (χ3n) is 4.10. The van der Waals surface area contributed by atoms with Crippen LogP contribution < -0.4 is 5.73 Å². The molecule has 1 fully saturated rings. The summed E-state index contributed by atoms with van der Waals surface area (Å²) in [5.74, 6) is 0.631. The van der Waals surface area contributed by atoms with E-state index >= 15 is 0 Å². The fourth-order valence-electron chi connectivity index (χ4n) is 2.84. The number of rotatable bonds is 4. The van der Waals surface area contributed by atoms with Crippen LogP contribution in [0.15, 0.2) is 42.6 Å². The van der Waals surface area contributed by atoms with Gasteiger partial charge in [0.2, 0.25) is 0 Å². The standard InChI is InChI=1S/C16H22N4.ClH/c1-13(17)14-7-9-19(11-14)12-15-8-10-20(18-15)16-5-3-2-4-6-16;/h2-6,8,10,13-14H,7,9,11-12,17H2,1H3;1H. The molecule has 2 N–H and O–H groups in total. The second-order valence-corrected chi connectivity index (χ2v) is 5.73. The third kappa shape index (κ3) is 3.84. The first-order valence-corrected chi connectivity index (χ1v) is 7.30. The van der Waals surface area contributed by atoms with Crippen LogP contribution in [0.25, 0.3) is 5.69 Å². The lowest BCUT2D eigenvalue weighted by Gasteiger charge is -2.16. The first kappa shape index (κ1) is 16.0. The van der Waals surface area contributed by atoms with E-state index in [-0.39, 0.29) is 12.4 Å². The van der Waals surface area contributed by atoms with Gasteiger partial charge in [0.15, 0.2) is 0 Å². The average molecular weight is 307 g/mol. The summed E-state index contributed by atoms with van der Waals surface area (Å²) >= 11 is 0. The van der Waals surface area contributed by atoms with Crippen molar-refractivity contribution in [2.45, 2.75) is 25.9 Å². The number of hydrogen-bond donors (Lipinski definition) is 1. The number of halogens is 1. The van der Waals surface area contributed by atoms with Gasteiger partial charge in [0.1, 0.15) is 0 Å². The molecule has 5 heteroatoms. The largest absolute Gasteiger partial charge is 0.328 e. The molecule has 1 aromatic heterocycles. The Balaban J connectivity index is 0.00000161. The van der Waals surface area contributed by atoms with Crippen LogP contribution in [0.5, 0.6) is 0 Å². The maximum atomic E-state index is 5.99. The Labute approximate surface area is 132 Å². The zero-order chi connectivity index (χ0) is 13.9. The number of para-hydroxylation sites is 1. The Morgan fingerprint density at radius 3 is 2.71 bits per heavy atom. The SMILES string of the molecule is CC(N)C1CCN(Cc2ccn(-c3ccccc3)n2)C1.Cl. The Morgan fingerprint density at radius 1 is 1.29 bits per heavy atom. The topological polar surface area (TPSA) is 47.1 Å². The fraction of sp³-hybridized carbons (Fsp3) is 0.438. The van der Waals surface area contributed by atoms with Crippen molar-refractivity contribution in [3.8, 4) is 5.69 Å². The first-order valence-electron chi connectivity index (χ1n) is 7.30. The van der Waals surface area contributed by atoms with Gasteiger partial charge in [0.25, 0.3) is 0 Å². The van der Waals surface area contributed by atoms with Crippen molar-refractivity contribution in [1.82, 2.24) is 14.7 Å². The molecule has 4 nitrogen and oxygen atoms in total. The summed E-state index contributed by atoms with van der Waals surface area (Å²) in [6.07, 6.45) is 3.24. The molecule has 1 saturated heterocycles. The molecule has 0 saturated carbocycles. The number of hydrogen-bond acceptors (Lipinski definition) is 3. The van der Waals surface area contributed by atoms with Gasteiger partial charge in [-0.05, 0) is 44.0 Å². The van der Waals surface area contributed by atoms with E-state index in [1.165, 1.54) is 6.42 Å². The van der Waals surface area contributed by atoms with Crippen molar-refractivity contribution < 1.29 is 0 Å². The quantitative estimate of drug-likeness (QED) is 0.944. The maximum absolute atomic E-state index is 5.99. The summed E-state index contributed by atoms with van der Waals surface area (Å²) in [5.41, 5.74) is 8.22. The lowest BCUT2D eigenvalue weighted by Crippen LogP contribution is -2.29. The highest BCUT2D eigenvalue weighted by Crippen LogP contribution is 2.20. The lowest BCUT2D eigenvalue weighted by atomic mass is 10.0. The smallest absolute Gasteiger partial charge is 0.0769 e. The molecular weight excluding hydrogens is 284 g/mol. The molecule has 3 rings (SSSR count). The van der Waals surface area contributed by atoms with Crippen molar-refractivity contribution >= 4 is 12.4 Å².